The summed E-state index contributed by atoms with van der Waals surface area (Å²) < 4.78 is 10.2. The largest absolute Gasteiger partial charge is 0.459 e. The van der Waals surface area contributed by atoms with Crippen molar-refractivity contribution in [2.24, 2.45) is 0 Å². The number of hydrogen-bond donors (Lipinski definition) is 2. The van der Waals surface area contributed by atoms with Gasteiger partial charge in [-0.25, -0.2) is 4.79 Å². The standard InChI is InChI=1S/C23H18N2O5S/c1-14-12-20(25-22(27)18-10-5-11-29-18)31-21(14)23(28)30-13-19(26)24-17-9-4-7-15-6-2-3-8-16(15)17/h2-12H,13H2,1H3,(H,24,26)(H,25,27). The van der Waals surface area contributed by atoms with E-state index in [0.29, 0.717) is 21.1 Å². The van der Waals surface area contributed by atoms with Crippen LogP contribution >= 0.6 is 11.3 Å². The Morgan fingerprint density at radius 3 is 2.61 bits per heavy atom. The van der Waals surface area contributed by atoms with Gasteiger partial charge in [-0.05, 0) is 42.1 Å². The van der Waals surface area contributed by atoms with E-state index < -0.39 is 24.4 Å². The van der Waals surface area contributed by atoms with Crippen LogP contribution in [0.15, 0.2) is 71.3 Å². The Labute approximate surface area is 181 Å². The number of ether oxygens (including phenoxy) is 1. The molecule has 2 aromatic carbocycles. The van der Waals surface area contributed by atoms with Crippen LogP contribution in [0.4, 0.5) is 10.7 Å². The van der Waals surface area contributed by atoms with Gasteiger partial charge in [-0.1, -0.05) is 36.4 Å². The third kappa shape index (κ3) is 4.65. The Kier molecular flexibility index (Phi) is 5.81. The molecular weight excluding hydrogens is 416 g/mol. The normalized spacial score (nSPS) is 10.6. The van der Waals surface area contributed by atoms with E-state index in [2.05, 4.69) is 10.6 Å². The smallest absolute Gasteiger partial charge is 0.349 e. The highest BCUT2D eigenvalue weighted by atomic mass is 32.1. The molecule has 4 rings (SSSR count). The Morgan fingerprint density at radius 1 is 1.00 bits per heavy atom. The van der Waals surface area contributed by atoms with Crippen LogP contribution in [-0.4, -0.2) is 24.4 Å². The van der Waals surface area contributed by atoms with E-state index in [9.17, 15) is 14.4 Å². The average Bonchev–Trinajstić information content (AvgIpc) is 3.42. The molecule has 2 aromatic heterocycles. The number of esters is 1. The number of amides is 2. The first-order chi connectivity index (χ1) is 15.0. The molecule has 0 aliphatic carbocycles. The maximum absolute atomic E-state index is 12.4. The minimum absolute atomic E-state index is 0.167. The second kappa shape index (κ2) is 8.85. The summed E-state index contributed by atoms with van der Waals surface area (Å²) in [6.07, 6.45) is 1.40. The second-order valence-corrected chi connectivity index (χ2v) is 7.76. The number of carbonyl (C=O) groups excluding carboxylic acids is 3. The summed E-state index contributed by atoms with van der Waals surface area (Å²) in [5, 5.41) is 7.82. The van der Waals surface area contributed by atoms with Gasteiger partial charge in [-0.3, -0.25) is 9.59 Å². The Hall–Kier alpha value is -3.91. The lowest BCUT2D eigenvalue weighted by atomic mass is 10.1. The van der Waals surface area contributed by atoms with E-state index in [1.165, 1.54) is 6.26 Å². The molecule has 0 unspecified atom stereocenters. The van der Waals surface area contributed by atoms with Crippen molar-refractivity contribution in [2.45, 2.75) is 6.92 Å². The van der Waals surface area contributed by atoms with Gasteiger partial charge in [0.1, 0.15) is 4.88 Å². The van der Waals surface area contributed by atoms with Gasteiger partial charge in [0, 0.05) is 11.1 Å². The van der Waals surface area contributed by atoms with Crippen LogP contribution in [-0.2, 0) is 9.53 Å². The summed E-state index contributed by atoms with van der Waals surface area (Å²) in [6.45, 7) is 1.30. The number of hydrogen-bond acceptors (Lipinski definition) is 6. The molecule has 0 saturated carbocycles. The summed E-state index contributed by atoms with van der Waals surface area (Å²) in [7, 11) is 0. The Bertz CT molecular complexity index is 1250. The van der Waals surface area contributed by atoms with Gasteiger partial charge in [-0.15, -0.1) is 11.3 Å². The summed E-state index contributed by atoms with van der Waals surface area (Å²) >= 11 is 1.07. The first-order valence-corrected chi connectivity index (χ1v) is 10.2. The summed E-state index contributed by atoms with van der Waals surface area (Å²) in [5.74, 6) is -1.32. The molecule has 0 bridgehead atoms. The van der Waals surface area contributed by atoms with Crippen molar-refractivity contribution in [3.05, 3.63) is 83.1 Å². The summed E-state index contributed by atoms with van der Waals surface area (Å²) in [4.78, 5) is 37.1. The van der Waals surface area contributed by atoms with Crippen LogP contribution in [0.3, 0.4) is 0 Å². The van der Waals surface area contributed by atoms with Gasteiger partial charge in [0.05, 0.1) is 11.3 Å². The average molecular weight is 434 g/mol. The first kappa shape index (κ1) is 20.4. The molecule has 7 nitrogen and oxygen atoms in total. The maximum Gasteiger partial charge on any atom is 0.349 e. The minimum atomic E-state index is -0.630. The van der Waals surface area contributed by atoms with Gasteiger partial charge in [-0.2, -0.15) is 0 Å². The van der Waals surface area contributed by atoms with Crippen molar-refractivity contribution < 1.29 is 23.5 Å². The number of fused-ring (bicyclic) bond motifs is 1. The highest BCUT2D eigenvalue weighted by molar-refractivity contribution is 7.18. The van der Waals surface area contributed by atoms with Crippen LogP contribution in [0.25, 0.3) is 10.8 Å². The monoisotopic (exact) mass is 434 g/mol. The Morgan fingerprint density at radius 2 is 1.81 bits per heavy atom. The summed E-state index contributed by atoms with van der Waals surface area (Å²) in [5.41, 5.74) is 1.29. The molecule has 0 saturated heterocycles. The molecule has 4 aromatic rings. The third-order valence-electron chi connectivity index (χ3n) is 4.48. The van der Waals surface area contributed by atoms with Crippen molar-refractivity contribution in [3.63, 3.8) is 0 Å². The molecule has 0 aliphatic rings. The summed E-state index contributed by atoms with van der Waals surface area (Å²) in [6, 6.07) is 18.1. The fourth-order valence-electron chi connectivity index (χ4n) is 3.04. The minimum Gasteiger partial charge on any atom is -0.459 e. The van der Waals surface area contributed by atoms with Crippen LogP contribution < -0.4 is 10.6 Å². The van der Waals surface area contributed by atoms with Crippen molar-refractivity contribution in [3.8, 4) is 0 Å². The number of anilines is 2. The number of thiophene rings is 1. The zero-order valence-electron chi connectivity index (χ0n) is 16.5. The predicted octanol–water partition coefficient (Wildman–Crippen LogP) is 4.85. The van der Waals surface area contributed by atoms with E-state index in [-0.39, 0.29) is 5.76 Å². The molecule has 8 heteroatoms. The number of furan rings is 1. The molecule has 31 heavy (non-hydrogen) atoms. The lowest BCUT2D eigenvalue weighted by molar-refractivity contribution is -0.119. The van der Waals surface area contributed by atoms with Crippen LogP contribution in [0.1, 0.15) is 25.8 Å². The van der Waals surface area contributed by atoms with Gasteiger partial charge in [0.25, 0.3) is 11.8 Å². The highest BCUT2D eigenvalue weighted by Crippen LogP contribution is 2.28. The van der Waals surface area contributed by atoms with Crippen LogP contribution in [0.5, 0.6) is 0 Å². The van der Waals surface area contributed by atoms with Crippen molar-refractivity contribution in [1.29, 1.82) is 0 Å². The van der Waals surface area contributed by atoms with Gasteiger partial charge >= 0.3 is 5.97 Å². The topological polar surface area (TPSA) is 97.6 Å². The van der Waals surface area contributed by atoms with Crippen molar-refractivity contribution in [2.75, 3.05) is 17.2 Å². The molecule has 0 spiro atoms. The fourth-order valence-corrected chi connectivity index (χ4v) is 4.01. The fraction of sp³-hybridized carbons (Fsp3) is 0.0870. The molecule has 0 fully saturated rings. The zero-order valence-corrected chi connectivity index (χ0v) is 17.3. The highest BCUT2D eigenvalue weighted by Gasteiger charge is 2.19. The lowest BCUT2D eigenvalue weighted by Crippen LogP contribution is -2.21. The van der Waals surface area contributed by atoms with E-state index in [1.807, 2.05) is 36.4 Å². The maximum atomic E-state index is 12.4. The van der Waals surface area contributed by atoms with E-state index >= 15 is 0 Å². The molecule has 0 atom stereocenters. The number of nitrogens with one attached hydrogen (secondary N) is 2. The molecule has 0 aliphatic heterocycles. The number of aryl methyl sites for hydroxylation is 1. The molecule has 2 N–H and O–H groups in total. The van der Waals surface area contributed by atoms with E-state index in [0.717, 1.165) is 22.1 Å². The van der Waals surface area contributed by atoms with Crippen molar-refractivity contribution in [1.82, 2.24) is 0 Å². The third-order valence-corrected chi connectivity index (χ3v) is 5.62. The number of benzene rings is 2. The molecule has 0 radical (unpaired) electrons. The second-order valence-electron chi connectivity index (χ2n) is 6.71. The van der Waals surface area contributed by atoms with E-state index in [1.54, 1.807) is 31.2 Å². The Balaban J connectivity index is 1.37. The quantitative estimate of drug-likeness (QED) is 0.423. The van der Waals surface area contributed by atoms with Gasteiger partial charge < -0.3 is 19.8 Å². The number of carbonyl (C=O) groups is 3. The molecule has 156 valence electrons. The number of rotatable bonds is 6. The SMILES string of the molecule is Cc1cc(NC(=O)c2ccco2)sc1C(=O)OCC(=O)Nc1cccc2ccccc12. The van der Waals surface area contributed by atoms with Gasteiger partial charge in [0.15, 0.2) is 12.4 Å². The molecule has 2 heterocycles. The zero-order chi connectivity index (χ0) is 21.8. The first-order valence-electron chi connectivity index (χ1n) is 9.41. The van der Waals surface area contributed by atoms with Gasteiger partial charge in [0.2, 0.25) is 0 Å². The van der Waals surface area contributed by atoms with E-state index in [4.69, 9.17) is 9.15 Å². The van der Waals surface area contributed by atoms with Crippen LogP contribution in [0, 0.1) is 6.92 Å². The van der Waals surface area contributed by atoms with Crippen molar-refractivity contribution >= 4 is 50.6 Å². The molecule has 2 amide bonds. The lowest BCUT2D eigenvalue weighted by Gasteiger charge is -2.09. The van der Waals surface area contributed by atoms with Crippen LogP contribution in [0.2, 0.25) is 0 Å². The predicted molar refractivity (Wildman–Crippen MR) is 119 cm³/mol. The molecular formula is C23H18N2O5S.